The van der Waals surface area contributed by atoms with Gasteiger partial charge in [-0.3, -0.25) is 4.79 Å². The summed E-state index contributed by atoms with van der Waals surface area (Å²) >= 11 is 0. The Hall–Kier alpha value is -1.48. The molecule has 2 heterocycles. The number of alkyl halides is 3. The van der Waals surface area contributed by atoms with Gasteiger partial charge in [-0.15, -0.1) is 5.10 Å². The van der Waals surface area contributed by atoms with E-state index in [2.05, 4.69) is 10.3 Å². The van der Waals surface area contributed by atoms with Crippen LogP contribution in [0.4, 0.5) is 13.2 Å². The number of morpholine rings is 1. The van der Waals surface area contributed by atoms with Crippen LogP contribution in [-0.2, 0) is 11.3 Å². The monoisotopic (exact) mass is 278 g/mol. The lowest BCUT2D eigenvalue weighted by Gasteiger charge is -2.29. The Bertz CT molecular complexity index is 460. The van der Waals surface area contributed by atoms with E-state index in [1.54, 1.807) is 0 Å². The lowest BCUT2D eigenvalue weighted by atomic mass is 10.3. The van der Waals surface area contributed by atoms with Crippen molar-refractivity contribution in [2.24, 2.45) is 0 Å². The van der Waals surface area contributed by atoms with Gasteiger partial charge in [-0.05, 0) is 7.05 Å². The molecule has 1 saturated heterocycles. The molecular weight excluding hydrogens is 265 g/mol. The SMILES string of the molecule is CN1CCOC(Cn2cc(C(=O)C(F)(F)F)nn2)C1. The van der Waals surface area contributed by atoms with E-state index in [-0.39, 0.29) is 12.6 Å². The molecule has 0 saturated carbocycles. The predicted octanol–water partition coefficient (Wildman–Crippen LogP) is 0.354. The molecule has 0 N–H and O–H groups in total. The number of ether oxygens (including phenoxy) is 1. The number of Topliss-reactive ketones (excluding diaryl/α,β-unsaturated/α-hetero) is 1. The Morgan fingerprint density at radius 2 is 2.32 bits per heavy atom. The molecule has 2 rings (SSSR count). The van der Waals surface area contributed by atoms with Crippen LogP contribution in [0.5, 0.6) is 0 Å². The average molecular weight is 278 g/mol. The van der Waals surface area contributed by atoms with Crippen molar-refractivity contribution in [1.29, 1.82) is 0 Å². The van der Waals surface area contributed by atoms with Crippen molar-refractivity contribution in [2.45, 2.75) is 18.8 Å². The van der Waals surface area contributed by atoms with E-state index in [1.165, 1.54) is 4.68 Å². The zero-order valence-corrected chi connectivity index (χ0v) is 10.2. The first-order valence-corrected chi connectivity index (χ1v) is 5.68. The van der Waals surface area contributed by atoms with Gasteiger partial charge in [0.2, 0.25) is 0 Å². The van der Waals surface area contributed by atoms with Crippen LogP contribution in [0.1, 0.15) is 10.5 Å². The van der Waals surface area contributed by atoms with Crippen LogP contribution in [-0.4, -0.2) is 64.7 Å². The van der Waals surface area contributed by atoms with E-state index in [0.29, 0.717) is 13.2 Å². The minimum absolute atomic E-state index is 0.172. The molecule has 0 amide bonds. The molecule has 9 heteroatoms. The third-order valence-corrected chi connectivity index (χ3v) is 2.76. The van der Waals surface area contributed by atoms with Gasteiger partial charge in [0.1, 0.15) is 0 Å². The van der Waals surface area contributed by atoms with Crippen LogP contribution in [0.25, 0.3) is 0 Å². The summed E-state index contributed by atoms with van der Waals surface area (Å²) in [5.41, 5.74) is -0.698. The smallest absolute Gasteiger partial charge is 0.374 e. The molecule has 0 spiro atoms. The molecule has 1 unspecified atom stereocenters. The number of nitrogens with zero attached hydrogens (tertiary/aromatic N) is 4. The van der Waals surface area contributed by atoms with Gasteiger partial charge in [-0.2, -0.15) is 13.2 Å². The van der Waals surface area contributed by atoms with Crippen molar-refractivity contribution in [3.05, 3.63) is 11.9 Å². The zero-order chi connectivity index (χ0) is 14.0. The third-order valence-electron chi connectivity index (χ3n) is 2.76. The van der Waals surface area contributed by atoms with Gasteiger partial charge in [0.25, 0.3) is 5.78 Å². The molecule has 0 aliphatic carbocycles. The average Bonchev–Trinajstić information content (AvgIpc) is 2.75. The van der Waals surface area contributed by atoms with Crippen LogP contribution >= 0.6 is 0 Å². The summed E-state index contributed by atoms with van der Waals surface area (Å²) in [7, 11) is 1.93. The lowest BCUT2D eigenvalue weighted by Crippen LogP contribution is -2.42. The van der Waals surface area contributed by atoms with Crippen molar-refractivity contribution < 1.29 is 22.7 Å². The van der Waals surface area contributed by atoms with Crippen LogP contribution in [0.3, 0.4) is 0 Å². The highest BCUT2D eigenvalue weighted by molar-refractivity contribution is 5.98. The number of rotatable bonds is 3. The van der Waals surface area contributed by atoms with Gasteiger partial charge in [-0.1, -0.05) is 5.21 Å². The highest BCUT2D eigenvalue weighted by atomic mass is 19.4. The molecule has 0 radical (unpaired) electrons. The molecule has 1 atom stereocenters. The first-order chi connectivity index (χ1) is 8.86. The molecule has 0 aromatic carbocycles. The number of likely N-dealkylation sites (N-methyl/N-ethyl adjacent to an activating group) is 1. The molecule has 1 fully saturated rings. The van der Waals surface area contributed by atoms with Gasteiger partial charge >= 0.3 is 6.18 Å². The number of hydrogen-bond donors (Lipinski definition) is 0. The number of halogens is 3. The minimum atomic E-state index is -4.93. The van der Waals surface area contributed by atoms with Crippen molar-refractivity contribution in [3.8, 4) is 0 Å². The van der Waals surface area contributed by atoms with Gasteiger partial charge in [-0.25, -0.2) is 4.68 Å². The Morgan fingerprint density at radius 1 is 1.58 bits per heavy atom. The molecule has 1 aromatic heterocycles. The van der Waals surface area contributed by atoms with Crippen molar-refractivity contribution >= 4 is 5.78 Å². The summed E-state index contributed by atoms with van der Waals surface area (Å²) in [6.45, 7) is 2.29. The predicted molar refractivity (Wildman–Crippen MR) is 57.6 cm³/mol. The first kappa shape index (κ1) is 13.9. The topological polar surface area (TPSA) is 60.2 Å². The quantitative estimate of drug-likeness (QED) is 0.747. The number of aromatic nitrogens is 3. The highest BCUT2D eigenvalue weighted by Gasteiger charge is 2.41. The van der Waals surface area contributed by atoms with E-state index in [0.717, 1.165) is 12.7 Å². The van der Waals surface area contributed by atoms with Gasteiger partial charge < -0.3 is 9.64 Å². The van der Waals surface area contributed by atoms with E-state index in [1.807, 2.05) is 11.9 Å². The Labute approximate surface area is 107 Å². The number of hydrogen-bond acceptors (Lipinski definition) is 5. The van der Waals surface area contributed by atoms with Crippen LogP contribution in [0.2, 0.25) is 0 Å². The molecule has 1 aliphatic rings. The first-order valence-electron chi connectivity index (χ1n) is 5.68. The van der Waals surface area contributed by atoms with Gasteiger partial charge in [0, 0.05) is 13.1 Å². The van der Waals surface area contributed by atoms with E-state index < -0.39 is 17.7 Å². The second-order valence-corrected chi connectivity index (χ2v) is 4.41. The third kappa shape index (κ3) is 3.51. The molecule has 106 valence electrons. The summed E-state index contributed by atoms with van der Waals surface area (Å²) in [5.74, 6) is -1.99. The minimum Gasteiger partial charge on any atom is -0.374 e. The summed E-state index contributed by atoms with van der Waals surface area (Å²) < 4.78 is 43.2. The maximum atomic E-state index is 12.2. The normalized spacial score (nSPS) is 21.6. The van der Waals surface area contributed by atoms with E-state index >= 15 is 0 Å². The fourth-order valence-electron chi connectivity index (χ4n) is 1.82. The summed E-state index contributed by atoms with van der Waals surface area (Å²) in [6, 6.07) is 0. The van der Waals surface area contributed by atoms with Crippen molar-refractivity contribution in [2.75, 3.05) is 26.7 Å². The number of carbonyl (C=O) groups excluding carboxylic acids is 1. The van der Waals surface area contributed by atoms with Crippen LogP contribution in [0, 0.1) is 0 Å². The number of ketones is 1. The van der Waals surface area contributed by atoms with Gasteiger partial charge in [0.15, 0.2) is 5.69 Å². The second kappa shape index (κ2) is 5.25. The summed E-state index contributed by atoms with van der Waals surface area (Å²) in [6.07, 6.45) is -4.11. The molecule has 1 aromatic rings. The standard InChI is InChI=1S/C10H13F3N4O2/c1-16-2-3-19-7(4-16)5-17-6-8(14-15-17)9(18)10(11,12)13/h6-7H,2-5H2,1H3. The van der Waals surface area contributed by atoms with Crippen LogP contribution in [0.15, 0.2) is 6.20 Å². The maximum absolute atomic E-state index is 12.2. The highest BCUT2D eigenvalue weighted by Crippen LogP contribution is 2.20. The Balaban J connectivity index is 1.99. The van der Waals surface area contributed by atoms with E-state index in [4.69, 9.17) is 4.74 Å². The Morgan fingerprint density at radius 3 is 2.95 bits per heavy atom. The molecule has 19 heavy (non-hydrogen) atoms. The number of carbonyl (C=O) groups is 1. The zero-order valence-electron chi connectivity index (χ0n) is 10.2. The maximum Gasteiger partial charge on any atom is 0.456 e. The summed E-state index contributed by atoms with van der Waals surface area (Å²) in [5, 5.41) is 6.76. The van der Waals surface area contributed by atoms with Crippen LogP contribution < -0.4 is 0 Å². The molecular formula is C10H13F3N4O2. The second-order valence-electron chi connectivity index (χ2n) is 4.41. The lowest BCUT2D eigenvalue weighted by molar-refractivity contribution is -0.0888. The largest absolute Gasteiger partial charge is 0.456 e. The van der Waals surface area contributed by atoms with Gasteiger partial charge in [0.05, 0.1) is 25.5 Å². The van der Waals surface area contributed by atoms with Crippen molar-refractivity contribution in [1.82, 2.24) is 19.9 Å². The fraction of sp³-hybridized carbons (Fsp3) is 0.700. The molecule has 6 nitrogen and oxygen atoms in total. The van der Waals surface area contributed by atoms with E-state index in [9.17, 15) is 18.0 Å². The Kier molecular flexibility index (Phi) is 3.85. The molecule has 0 bridgehead atoms. The fourth-order valence-corrected chi connectivity index (χ4v) is 1.82. The molecule has 1 aliphatic heterocycles. The van der Waals surface area contributed by atoms with Crippen molar-refractivity contribution in [3.63, 3.8) is 0 Å². The summed E-state index contributed by atoms with van der Waals surface area (Å²) in [4.78, 5) is 13.0.